The number of hydrogen-bond donors (Lipinski definition) is 0. The first-order chi connectivity index (χ1) is 10.2. The van der Waals surface area contributed by atoms with Crippen molar-refractivity contribution < 1.29 is 14.1 Å². The van der Waals surface area contributed by atoms with Crippen LogP contribution in [0.15, 0.2) is 10.6 Å². The van der Waals surface area contributed by atoms with Crippen molar-refractivity contribution in [2.24, 2.45) is 0 Å². The third-order valence-electron chi connectivity index (χ3n) is 3.57. The highest BCUT2D eigenvalue weighted by Crippen LogP contribution is 2.30. The van der Waals surface area contributed by atoms with Crippen LogP contribution < -0.4 is 4.74 Å². The fraction of sp³-hybridized carbons (Fsp3) is 0.538. The SMILES string of the molecule is COc1cc(-c2noc(C3CCCCN(C)C3=O)n2)sn1. The number of carbonyl (C=O) groups excluding carboxylic acids is 1. The zero-order valence-electron chi connectivity index (χ0n) is 11.9. The molecule has 2 aromatic rings. The van der Waals surface area contributed by atoms with E-state index in [4.69, 9.17) is 9.26 Å². The summed E-state index contributed by atoms with van der Waals surface area (Å²) in [4.78, 5) is 19.2. The van der Waals surface area contributed by atoms with E-state index in [0.717, 1.165) is 30.7 Å². The molecule has 8 heteroatoms. The normalized spacial score (nSPS) is 19.6. The van der Waals surface area contributed by atoms with Crippen molar-refractivity contribution in [3.8, 4) is 16.6 Å². The summed E-state index contributed by atoms with van der Waals surface area (Å²) in [5.41, 5.74) is 0. The fourth-order valence-electron chi connectivity index (χ4n) is 2.36. The van der Waals surface area contributed by atoms with Crippen LogP contribution in [-0.4, -0.2) is 46.0 Å². The summed E-state index contributed by atoms with van der Waals surface area (Å²) in [6.45, 7) is 0.780. The van der Waals surface area contributed by atoms with Gasteiger partial charge >= 0.3 is 0 Å². The smallest absolute Gasteiger partial charge is 0.239 e. The van der Waals surface area contributed by atoms with Crippen molar-refractivity contribution in [3.63, 3.8) is 0 Å². The van der Waals surface area contributed by atoms with Crippen LogP contribution in [0.25, 0.3) is 10.7 Å². The lowest BCUT2D eigenvalue weighted by atomic mass is 10.0. The molecule has 2 aromatic heterocycles. The first-order valence-electron chi connectivity index (χ1n) is 6.78. The summed E-state index contributed by atoms with van der Waals surface area (Å²) in [5.74, 6) is 1.06. The van der Waals surface area contributed by atoms with Gasteiger partial charge in [-0.3, -0.25) is 4.79 Å². The molecule has 1 saturated heterocycles. The van der Waals surface area contributed by atoms with Crippen molar-refractivity contribution in [2.45, 2.75) is 25.2 Å². The number of likely N-dealkylation sites (tertiary alicyclic amines) is 1. The highest BCUT2D eigenvalue weighted by molar-refractivity contribution is 7.09. The molecular weight excluding hydrogens is 292 g/mol. The van der Waals surface area contributed by atoms with Gasteiger partial charge in [-0.15, -0.1) is 0 Å². The number of amides is 1. The van der Waals surface area contributed by atoms with Gasteiger partial charge in [0.1, 0.15) is 5.92 Å². The average Bonchev–Trinajstić information content (AvgIpc) is 3.12. The zero-order valence-corrected chi connectivity index (χ0v) is 12.7. The van der Waals surface area contributed by atoms with Crippen molar-refractivity contribution in [2.75, 3.05) is 20.7 Å². The van der Waals surface area contributed by atoms with E-state index >= 15 is 0 Å². The molecule has 0 radical (unpaired) electrons. The number of ether oxygens (including phenoxy) is 1. The predicted molar refractivity (Wildman–Crippen MR) is 76.2 cm³/mol. The minimum atomic E-state index is -0.339. The molecule has 0 spiro atoms. The number of nitrogens with zero attached hydrogens (tertiary/aromatic N) is 4. The lowest BCUT2D eigenvalue weighted by Crippen LogP contribution is -2.30. The summed E-state index contributed by atoms with van der Waals surface area (Å²) in [7, 11) is 3.37. The molecule has 112 valence electrons. The molecule has 7 nitrogen and oxygen atoms in total. The molecule has 1 atom stereocenters. The molecule has 0 aliphatic carbocycles. The van der Waals surface area contributed by atoms with Crippen LogP contribution in [0, 0.1) is 0 Å². The summed E-state index contributed by atoms with van der Waals surface area (Å²) < 4.78 is 14.4. The standard InChI is InChI=1S/C13H16N4O3S/c1-17-6-4-3-5-8(13(17)18)12-14-11(15-20-12)9-7-10(19-2)16-21-9/h7-8H,3-6H2,1-2H3. The Hall–Kier alpha value is -1.96. The molecule has 1 aliphatic rings. The molecule has 0 bridgehead atoms. The summed E-state index contributed by atoms with van der Waals surface area (Å²) in [5, 5.41) is 3.96. The molecule has 3 rings (SSSR count). The number of likely N-dealkylation sites (N-methyl/N-ethyl adjacent to an activating group) is 1. The zero-order chi connectivity index (χ0) is 14.8. The Kier molecular flexibility index (Phi) is 3.87. The van der Waals surface area contributed by atoms with Crippen LogP contribution in [0.4, 0.5) is 0 Å². The van der Waals surface area contributed by atoms with Crippen molar-refractivity contribution in [3.05, 3.63) is 12.0 Å². The van der Waals surface area contributed by atoms with Gasteiger partial charge in [-0.1, -0.05) is 11.6 Å². The number of methoxy groups -OCH3 is 1. The van der Waals surface area contributed by atoms with E-state index in [2.05, 4.69) is 14.5 Å². The van der Waals surface area contributed by atoms with Gasteiger partial charge < -0.3 is 14.2 Å². The molecule has 1 amide bonds. The van der Waals surface area contributed by atoms with Crippen molar-refractivity contribution in [1.29, 1.82) is 0 Å². The Morgan fingerprint density at radius 1 is 1.48 bits per heavy atom. The van der Waals surface area contributed by atoms with Gasteiger partial charge in [0.25, 0.3) is 0 Å². The molecule has 1 aliphatic heterocycles. The van der Waals surface area contributed by atoms with E-state index in [9.17, 15) is 4.79 Å². The topological polar surface area (TPSA) is 81.4 Å². The minimum absolute atomic E-state index is 0.0459. The van der Waals surface area contributed by atoms with Gasteiger partial charge in [0, 0.05) is 19.7 Å². The van der Waals surface area contributed by atoms with E-state index in [-0.39, 0.29) is 11.8 Å². The van der Waals surface area contributed by atoms with Crippen molar-refractivity contribution >= 4 is 17.4 Å². The maximum absolute atomic E-state index is 12.3. The van der Waals surface area contributed by atoms with Gasteiger partial charge in [0.05, 0.1) is 12.0 Å². The summed E-state index contributed by atoms with van der Waals surface area (Å²) in [6.07, 6.45) is 2.73. The second-order valence-corrected chi connectivity index (χ2v) is 5.80. The van der Waals surface area contributed by atoms with Crippen LogP contribution in [0.1, 0.15) is 31.1 Å². The Bertz CT molecular complexity index is 639. The Morgan fingerprint density at radius 3 is 3.10 bits per heavy atom. The van der Waals surface area contributed by atoms with Crippen LogP contribution in [0.2, 0.25) is 0 Å². The van der Waals surface area contributed by atoms with Gasteiger partial charge in [-0.05, 0) is 24.4 Å². The van der Waals surface area contributed by atoms with Gasteiger partial charge in [-0.2, -0.15) is 9.36 Å². The van der Waals surface area contributed by atoms with E-state index in [1.165, 1.54) is 11.5 Å². The number of hydrogen-bond acceptors (Lipinski definition) is 7. The van der Waals surface area contributed by atoms with Crippen LogP contribution in [-0.2, 0) is 4.79 Å². The minimum Gasteiger partial charge on any atom is -0.480 e. The predicted octanol–water partition coefficient (Wildman–Crippen LogP) is 1.93. The monoisotopic (exact) mass is 308 g/mol. The molecule has 0 saturated carbocycles. The van der Waals surface area contributed by atoms with Gasteiger partial charge in [-0.25, -0.2) is 0 Å². The largest absolute Gasteiger partial charge is 0.480 e. The average molecular weight is 308 g/mol. The third kappa shape index (κ3) is 2.76. The quantitative estimate of drug-likeness (QED) is 0.861. The maximum atomic E-state index is 12.3. The fourth-order valence-corrected chi connectivity index (χ4v) is 3.00. The summed E-state index contributed by atoms with van der Waals surface area (Å²) in [6, 6.07) is 1.75. The Balaban J connectivity index is 1.85. The third-order valence-corrected chi connectivity index (χ3v) is 4.34. The molecule has 0 aromatic carbocycles. The first kappa shape index (κ1) is 14.0. The second-order valence-electron chi connectivity index (χ2n) is 5.00. The van der Waals surface area contributed by atoms with E-state index in [1.807, 2.05) is 7.05 Å². The number of carbonyl (C=O) groups is 1. The van der Waals surface area contributed by atoms with Crippen LogP contribution in [0.3, 0.4) is 0 Å². The van der Waals surface area contributed by atoms with Crippen LogP contribution >= 0.6 is 11.5 Å². The molecule has 3 heterocycles. The maximum Gasteiger partial charge on any atom is 0.239 e. The molecule has 0 N–H and O–H groups in total. The highest BCUT2D eigenvalue weighted by Gasteiger charge is 2.31. The van der Waals surface area contributed by atoms with E-state index in [0.29, 0.717) is 17.6 Å². The molecular formula is C13H16N4O3S. The lowest BCUT2D eigenvalue weighted by Gasteiger charge is -2.16. The van der Waals surface area contributed by atoms with Crippen molar-refractivity contribution in [1.82, 2.24) is 19.4 Å². The van der Waals surface area contributed by atoms with Gasteiger partial charge in [0.15, 0.2) is 0 Å². The van der Waals surface area contributed by atoms with E-state index < -0.39 is 0 Å². The lowest BCUT2D eigenvalue weighted by molar-refractivity contribution is -0.131. The van der Waals surface area contributed by atoms with E-state index in [1.54, 1.807) is 18.1 Å². The first-order valence-corrected chi connectivity index (χ1v) is 7.56. The highest BCUT2D eigenvalue weighted by atomic mass is 32.1. The number of aromatic nitrogens is 3. The molecule has 21 heavy (non-hydrogen) atoms. The number of rotatable bonds is 3. The summed E-state index contributed by atoms with van der Waals surface area (Å²) >= 11 is 1.24. The second kappa shape index (κ2) is 5.80. The van der Waals surface area contributed by atoms with Crippen LogP contribution in [0.5, 0.6) is 5.88 Å². The van der Waals surface area contributed by atoms with Gasteiger partial charge in [0.2, 0.25) is 23.5 Å². The molecule has 1 unspecified atom stereocenters. The Labute approximate surface area is 126 Å². The Morgan fingerprint density at radius 2 is 2.33 bits per heavy atom. The molecule has 1 fully saturated rings.